The van der Waals surface area contributed by atoms with E-state index in [9.17, 15) is 4.79 Å². The number of carbonyl (C=O) groups excluding carboxylic acids is 1. The lowest BCUT2D eigenvalue weighted by Gasteiger charge is -2.28. The Morgan fingerprint density at radius 1 is 1.60 bits per heavy atom. The van der Waals surface area contributed by atoms with Gasteiger partial charge < -0.3 is 10.6 Å². The van der Waals surface area contributed by atoms with Gasteiger partial charge in [-0.3, -0.25) is 9.79 Å². The van der Waals surface area contributed by atoms with Crippen molar-refractivity contribution >= 4 is 22.8 Å². The van der Waals surface area contributed by atoms with Crippen molar-refractivity contribution in [3.05, 3.63) is 0 Å². The van der Waals surface area contributed by atoms with E-state index in [0.29, 0.717) is 0 Å². The van der Waals surface area contributed by atoms with Gasteiger partial charge in [0.05, 0.1) is 0 Å². The molecule has 2 N–H and O–H groups in total. The van der Waals surface area contributed by atoms with Gasteiger partial charge in [0.1, 0.15) is 6.04 Å². The van der Waals surface area contributed by atoms with Crippen molar-refractivity contribution in [2.45, 2.75) is 26.8 Å². The van der Waals surface area contributed by atoms with Crippen LogP contribution in [0.5, 0.6) is 0 Å². The average molecular weight is 229 g/mol. The summed E-state index contributed by atoms with van der Waals surface area (Å²) in [5.41, 5.74) is 0.270. The second-order valence-corrected chi connectivity index (χ2v) is 5.52. The van der Waals surface area contributed by atoms with Crippen LogP contribution in [0.25, 0.3) is 0 Å². The molecule has 15 heavy (non-hydrogen) atoms. The van der Waals surface area contributed by atoms with E-state index in [1.165, 1.54) is 0 Å². The maximum atomic E-state index is 11.3. The van der Waals surface area contributed by atoms with Crippen molar-refractivity contribution in [2.75, 3.05) is 19.3 Å². The van der Waals surface area contributed by atoms with Crippen molar-refractivity contribution in [3.63, 3.8) is 0 Å². The number of amides is 1. The topological polar surface area (TPSA) is 53.5 Å². The molecule has 0 aromatic rings. The monoisotopic (exact) mass is 229 g/mol. The zero-order chi connectivity index (χ0) is 11.5. The minimum absolute atomic E-state index is 0.0110. The summed E-state index contributed by atoms with van der Waals surface area (Å²) < 4.78 is 0. The number of amidine groups is 1. The first-order valence-corrected chi connectivity index (χ1v) is 6.08. The first-order valence-electron chi connectivity index (χ1n) is 5.10. The van der Waals surface area contributed by atoms with Crippen molar-refractivity contribution < 1.29 is 4.79 Å². The molecular weight excluding hydrogens is 210 g/mol. The highest BCUT2D eigenvalue weighted by Crippen LogP contribution is 2.27. The number of hydrogen-bond donors (Lipinski definition) is 2. The van der Waals surface area contributed by atoms with Gasteiger partial charge in [-0.05, 0) is 12.3 Å². The van der Waals surface area contributed by atoms with Gasteiger partial charge in [0.15, 0.2) is 5.17 Å². The van der Waals surface area contributed by atoms with Gasteiger partial charge in [0, 0.05) is 19.3 Å². The molecule has 0 fully saturated rings. The fourth-order valence-corrected chi connectivity index (χ4v) is 2.23. The number of thioether (sulfide) groups is 1. The Hall–Kier alpha value is -0.710. The molecule has 1 amide bonds. The summed E-state index contributed by atoms with van der Waals surface area (Å²) in [6, 6.07) is -0.220. The molecule has 0 saturated carbocycles. The van der Waals surface area contributed by atoms with Crippen LogP contribution in [-0.2, 0) is 4.79 Å². The SMILES string of the molecule is CNC(=O)C(C)NC1=NCC(C)(C)CS1. The van der Waals surface area contributed by atoms with Gasteiger partial charge in [0.2, 0.25) is 5.91 Å². The number of aliphatic imine (C=N–C) groups is 1. The molecular formula is C10H19N3OS. The first-order chi connectivity index (χ1) is 6.94. The molecule has 0 aromatic heterocycles. The fraction of sp³-hybridized carbons (Fsp3) is 0.800. The van der Waals surface area contributed by atoms with E-state index in [1.54, 1.807) is 18.8 Å². The lowest BCUT2D eigenvalue weighted by Crippen LogP contribution is -2.44. The number of carbonyl (C=O) groups is 1. The molecule has 0 bridgehead atoms. The molecule has 1 aliphatic heterocycles. The predicted molar refractivity (Wildman–Crippen MR) is 65.2 cm³/mol. The Morgan fingerprint density at radius 3 is 2.73 bits per heavy atom. The van der Waals surface area contributed by atoms with E-state index in [1.807, 2.05) is 6.92 Å². The zero-order valence-electron chi connectivity index (χ0n) is 9.76. The lowest BCUT2D eigenvalue weighted by molar-refractivity contribution is -0.121. The number of hydrogen-bond acceptors (Lipinski definition) is 4. The van der Waals surface area contributed by atoms with Gasteiger partial charge in [-0.1, -0.05) is 25.6 Å². The summed E-state index contributed by atoms with van der Waals surface area (Å²) in [7, 11) is 1.64. The van der Waals surface area contributed by atoms with E-state index in [-0.39, 0.29) is 17.4 Å². The molecule has 0 aliphatic carbocycles. The molecule has 1 aliphatic rings. The summed E-state index contributed by atoms with van der Waals surface area (Å²) >= 11 is 1.69. The van der Waals surface area contributed by atoms with Crippen LogP contribution in [0.3, 0.4) is 0 Å². The Bertz CT molecular complexity index is 276. The quantitative estimate of drug-likeness (QED) is 0.738. The lowest BCUT2D eigenvalue weighted by atomic mass is 9.97. The Balaban J connectivity index is 2.47. The maximum Gasteiger partial charge on any atom is 0.242 e. The van der Waals surface area contributed by atoms with Gasteiger partial charge in [-0.2, -0.15) is 0 Å². The summed E-state index contributed by atoms with van der Waals surface area (Å²) in [6.45, 7) is 7.05. The first kappa shape index (κ1) is 12.4. The molecule has 1 heterocycles. The van der Waals surface area contributed by atoms with Crippen LogP contribution in [0.15, 0.2) is 4.99 Å². The molecule has 1 unspecified atom stereocenters. The van der Waals surface area contributed by atoms with E-state index < -0.39 is 0 Å². The molecule has 4 nitrogen and oxygen atoms in total. The van der Waals surface area contributed by atoms with Gasteiger partial charge in [-0.25, -0.2) is 0 Å². The number of rotatable bonds is 2. The number of nitrogens with one attached hydrogen (secondary N) is 2. The van der Waals surface area contributed by atoms with Crippen LogP contribution < -0.4 is 10.6 Å². The third-order valence-electron chi connectivity index (χ3n) is 2.23. The summed E-state index contributed by atoms with van der Waals surface area (Å²) in [5.74, 6) is 1.03. The smallest absolute Gasteiger partial charge is 0.242 e. The second kappa shape index (κ2) is 4.88. The van der Waals surface area contributed by atoms with Gasteiger partial charge in [0.25, 0.3) is 0 Å². The number of nitrogens with zero attached hydrogens (tertiary/aromatic N) is 1. The maximum absolute atomic E-state index is 11.3. The van der Waals surface area contributed by atoms with Crippen LogP contribution in [0.2, 0.25) is 0 Å². The molecule has 0 radical (unpaired) electrons. The Labute approximate surface area is 95.3 Å². The van der Waals surface area contributed by atoms with Crippen LogP contribution in [0.1, 0.15) is 20.8 Å². The molecule has 0 spiro atoms. The number of likely N-dealkylation sites (N-methyl/N-ethyl adjacent to an activating group) is 1. The van der Waals surface area contributed by atoms with Crippen molar-refractivity contribution in [3.8, 4) is 0 Å². The van der Waals surface area contributed by atoms with Gasteiger partial charge in [-0.15, -0.1) is 0 Å². The minimum atomic E-state index is -0.220. The highest BCUT2D eigenvalue weighted by molar-refractivity contribution is 8.13. The minimum Gasteiger partial charge on any atom is -0.357 e. The molecule has 1 atom stereocenters. The normalized spacial score (nSPS) is 21.5. The summed E-state index contributed by atoms with van der Waals surface area (Å²) in [5, 5.41) is 6.59. The van der Waals surface area contributed by atoms with Crippen molar-refractivity contribution in [1.29, 1.82) is 0 Å². The fourth-order valence-electron chi connectivity index (χ4n) is 1.20. The van der Waals surface area contributed by atoms with E-state index >= 15 is 0 Å². The van der Waals surface area contributed by atoms with Crippen LogP contribution in [0.4, 0.5) is 0 Å². The third-order valence-corrected chi connectivity index (χ3v) is 3.68. The molecule has 5 heteroatoms. The van der Waals surface area contributed by atoms with Crippen molar-refractivity contribution in [1.82, 2.24) is 10.6 Å². The Kier molecular flexibility index (Phi) is 4.02. The van der Waals surface area contributed by atoms with Crippen LogP contribution >= 0.6 is 11.8 Å². The largest absolute Gasteiger partial charge is 0.357 e. The summed E-state index contributed by atoms with van der Waals surface area (Å²) in [6.07, 6.45) is 0. The van der Waals surface area contributed by atoms with E-state index in [0.717, 1.165) is 17.5 Å². The molecule has 86 valence electrons. The average Bonchev–Trinajstić information content (AvgIpc) is 2.20. The Morgan fingerprint density at radius 2 is 2.27 bits per heavy atom. The molecule has 1 rings (SSSR count). The third kappa shape index (κ3) is 3.74. The second-order valence-electron chi connectivity index (χ2n) is 4.55. The standard InChI is InChI=1S/C10H19N3OS/c1-7(8(14)11-4)13-9-12-5-10(2,3)6-15-9/h7H,5-6H2,1-4H3,(H,11,14)(H,12,13). The molecule has 0 saturated heterocycles. The highest BCUT2D eigenvalue weighted by Gasteiger charge is 2.24. The zero-order valence-corrected chi connectivity index (χ0v) is 10.6. The van der Waals surface area contributed by atoms with Gasteiger partial charge >= 0.3 is 0 Å². The summed E-state index contributed by atoms with van der Waals surface area (Å²) in [4.78, 5) is 15.7. The van der Waals surface area contributed by atoms with E-state index in [2.05, 4.69) is 29.5 Å². The predicted octanol–water partition coefficient (Wildman–Crippen LogP) is 0.839. The van der Waals surface area contributed by atoms with E-state index in [4.69, 9.17) is 0 Å². The highest BCUT2D eigenvalue weighted by atomic mass is 32.2. The van der Waals surface area contributed by atoms with Crippen LogP contribution in [-0.4, -0.2) is 36.5 Å². The van der Waals surface area contributed by atoms with Crippen molar-refractivity contribution in [2.24, 2.45) is 10.4 Å². The molecule has 0 aromatic carbocycles. The van der Waals surface area contributed by atoms with Crippen LogP contribution in [0, 0.1) is 5.41 Å².